The van der Waals surface area contributed by atoms with Crippen molar-refractivity contribution in [3.63, 3.8) is 0 Å². The Morgan fingerprint density at radius 2 is 1.77 bits per heavy atom. The van der Waals surface area contributed by atoms with Gasteiger partial charge >= 0.3 is 0 Å². The first-order chi connectivity index (χ1) is 17.9. The molecule has 0 unspecified atom stereocenters. The second-order valence-electron chi connectivity index (χ2n) is 9.02. The lowest BCUT2D eigenvalue weighted by Crippen LogP contribution is -2.37. The molecule has 3 aromatic carbocycles. The maximum Gasteiger partial charge on any atom is 0.255 e. The van der Waals surface area contributed by atoms with Gasteiger partial charge in [0.2, 0.25) is 0 Å². The van der Waals surface area contributed by atoms with Crippen molar-refractivity contribution in [1.82, 2.24) is 15.2 Å². The molecule has 0 spiro atoms. The van der Waals surface area contributed by atoms with E-state index >= 15 is 0 Å². The van der Waals surface area contributed by atoms with Crippen molar-refractivity contribution in [3.8, 4) is 11.5 Å². The number of benzene rings is 3. The van der Waals surface area contributed by atoms with E-state index in [2.05, 4.69) is 10.3 Å². The molecule has 1 aromatic heterocycles. The smallest absolute Gasteiger partial charge is 0.255 e. The Morgan fingerprint density at radius 1 is 1.05 bits per heavy atom. The molecule has 0 fully saturated rings. The maximum atomic E-state index is 12.6. The van der Waals surface area contributed by atoms with E-state index in [-0.39, 0.29) is 43.4 Å². The van der Waals surface area contributed by atoms with Crippen LogP contribution in [0.4, 0.5) is 0 Å². The molecule has 0 radical (unpaired) electrons. The summed E-state index contributed by atoms with van der Waals surface area (Å²) < 4.78 is 6.14. The zero-order chi connectivity index (χ0) is 26.4. The third-order valence-corrected chi connectivity index (χ3v) is 6.29. The van der Waals surface area contributed by atoms with Gasteiger partial charge in [0, 0.05) is 43.3 Å². The lowest BCUT2D eigenvalue weighted by molar-refractivity contribution is 0.0829. The molecular weight excluding hydrogens is 561 g/mol. The van der Waals surface area contributed by atoms with Gasteiger partial charge in [-0.3, -0.25) is 9.78 Å². The number of aliphatic hydroxyl groups excluding tert-OH is 2. The van der Waals surface area contributed by atoms with Crippen LogP contribution in [0.5, 0.6) is 11.5 Å². The maximum absolute atomic E-state index is 12.6. The Balaban J connectivity index is 0.00000267. The fourth-order valence-corrected chi connectivity index (χ4v) is 4.27. The highest BCUT2D eigenvalue weighted by molar-refractivity contribution is 6.30. The molecule has 4 rings (SSSR count). The fourth-order valence-electron chi connectivity index (χ4n) is 4.07. The van der Waals surface area contributed by atoms with Crippen molar-refractivity contribution < 1.29 is 19.7 Å². The third-order valence-electron chi connectivity index (χ3n) is 6.05. The van der Waals surface area contributed by atoms with E-state index in [1.165, 1.54) is 4.90 Å². The van der Waals surface area contributed by atoms with Crippen LogP contribution in [-0.2, 0) is 6.42 Å². The number of nitrogens with one attached hydrogen (secondary N) is 1. The van der Waals surface area contributed by atoms with Gasteiger partial charge in [-0.25, -0.2) is 0 Å². The number of aromatic nitrogens is 1. The molecule has 0 saturated heterocycles. The number of pyridine rings is 1. The quantitative estimate of drug-likeness (QED) is 0.227. The zero-order valence-corrected chi connectivity index (χ0v) is 24.0. The minimum atomic E-state index is -0.729. The number of hydrogen-bond donors (Lipinski definition) is 3. The van der Waals surface area contributed by atoms with Gasteiger partial charge in [-0.1, -0.05) is 41.9 Å². The van der Waals surface area contributed by atoms with E-state index in [4.69, 9.17) is 16.3 Å². The minimum Gasteiger partial charge on any atom is -0.457 e. The third kappa shape index (κ3) is 8.29. The van der Waals surface area contributed by atoms with E-state index in [0.29, 0.717) is 40.6 Å². The minimum absolute atomic E-state index is 0. The Kier molecular flexibility index (Phi) is 12.4. The lowest BCUT2D eigenvalue weighted by atomic mass is 10.0. The second-order valence-corrected chi connectivity index (χ2v) is 9.46. The van der Waals surface area contributed by atoms with E-state index < -0.39 is 6.10 Å². The zero-order valence-electron chi connectivity index (χ0n) is 21.6. The molecule has 0 saturated carbocycles. The van der Waals surface area contributed by atoms with E-state index in [9.17, 15) is 15.0 Å². The molecule has 208 valence electrons. The van der Waals surface area contributed by atoms with Crippen LogP contribution in [0.3, 0.4) is 0 Å². The number of hydrogen-bond acceptors (Lipinski definition) is 6. The van der Waals surface area contributed by atoms with Crippen molar-refractivity contribution >= 4 is 53.2 Å². The number of aliphatic hydroxyl groups is 2. The first-order valence-corrected chi connectivity index (χ1v) is 12.4. The fraction of sp³-hybridized carbons (Fsp3) is 0.241. The molecule has 1 heterocycles. The Labute approximate surface area is 245 Å². The Bertz CT molecular complexity index is 1370. The van der Waals surface area contributed by atoms with Crippen LogP contribution in [0.1, 0.15) is 27.6 Å². The van der Waals surface area contributed by atoms with Gasteiger partial charge < -0.3 is 25.2 Å². The van der Waals surface area contributed by atoms with E-state index in [1.807, 2.05) is 42.5 Å². The molecule has 3 N–H and O–H groups in total. The van der Waals surface area contributed by atoms with Crippen molar-refractivity contribution in [1.29, 1.82) is 0 Å². The first-order valence-electron chi connectivity index (χ1n) is 12.0. The number of nitrogens with zero attached hydrogens (tertiary/aromatic N) is 2. The summed E-state index contributed by atoms with van der Waals surface area (Å²) in [6, 6.07) is 21.7. The number of para-hydroxylation sites is 1. The average molecular weight is 593 g/mol. The molecule has 0 aliphatic rings. The van der Waals surface area contributed by atoms with E-state index in [0.717, 1.165) is 16.5 Å². The summed E-state index contributed by atoms with van der Waals surface area (Å²) in [5.74, 6) is 1.13. The molecule has 10 heteroatoms. The molecule has 39 heavy (non-hydrogen) atoms. The topological polar surface area (TPSA) is 94.9 Å². The Morgan fingerprint density at radius 3 is 2.44 bits per heavy atom. The van der Waals surface area contributed by atoms with E-state index in [1.54, 1.807) is 50.6 Å². The van der Waals surface area contributed by atoms with Crippen LogP contribution < -0.4 is 10.1 Å². The number of amides is 1. The summed E-state index contributed by atoms with van der Waals surface area (Å²) in [5.41, 5.74) is 2.84. The van der Waals surface area contributed by atoms with Gasteiger partial charge in [-0.2, -0.15) is 0 Å². The number of carbonyl (C=O) groups excluding carboxylic acids is 1. The number of carbonyl (C=O) groups is 1. The summed E-state index contributed by atoms with van der Waals surface area (Å²) >= 11 is 6.01. The van der Waals surface area contributed by atoms with Gasteiger partial charge in [0.05, 0.1) is 23.8 Å². The summed E-state index contributed by atoms with van der Waals surface area (Å²) in [5, 5.41) is 24.8. The summed E-state index contributed by atoms with van der Waals surface area (Å²) in [7, 11) is 3.42. The molecule has 7 nitrogen and oxygen atoms in total. The predicted molar refractivity (Wildman–Crippen MR) is 160 cm³/mol. The summed E-state index contributed by atoms with van der Waals surface area (Å²) in [6.45, 7) is 0.220. The average Bonchev–Trinajstić information content (AvgIpc) is 2.91. The molecule has 0 aliphatic carbocycles. The second kappa shape index (κ2) is 15.0. The molecule has 0 aliphatic heterocycles. The van der Waals surface area contributed by atoms with Crippen LogP contribution in [0.25, 0.3) is 10.9 Å². The van der Waals surface area contributed by atoms with Crippen LogP contribution in [0.15, 0.2) is 79.0 Å². The van der Waals surface area contributed by atoms with Crippen LogP contribution in [-0.4, -0.2) is 59.3 Å². The van der Waals surface area contributed by atoms with Crippen molar-refractivity contribution in [3.05, 3.63) is 101 Å². The molecule has 0 bridgehead atoms. The lowest BCUT2D eigenvalue weighted by Gasteiger charge is -2.19. The van der Waals surface area contributed by atoms with Gasteiger partial charge in [-0.15, -0.1) is 24.8 Å². The normalized spacial score (nSPS) is 12.1. The highest BCUT2D eigenvalue weighted by Crippen LogP contribution is 2.31. The van der Waals surface area contributed by atoms with Gasteiger partial charge in [-0.05, 0) is 60.0 Å². The van der Waals surface area contributed by atoms with Crippen molar-refractivity contribution in [2.75, 3.05) is 27.2 Å². The predicted octanol–water partition coefficient (Wildman–Crippen LogP) is 5.45. The Hall–Kier alpha value is -2.91. The van der Waals surface area contributed by atoms with Crippen molar-refractivity contribution in [2.24, 2.45) is 0 Å². The van der Waals surface area contributed by atoms with Crippen molar-refractivity contribution in [2.45, 2.75) is 18.6 Å². The first kappa shape index (κ1) is 32.3. The van der Waals surface area contributed by atoms with Gasteiger partial charge in [0.15, 0.2) is 0 Å². The SMILES string of the molecule is CN(C)C(=O)c1cccc2c(Oc3ccc(C[C@@H](CO)NC[C@@H](O)c4cccc(Cl)c4)cc3)ccnc12.Cl.Cl. The van der Waals surface area contributed by atoms with Crippen LogP contribution >= 0.6 is 36.4 Å². The number of fused-ring (bicyclic) bond motifs is 1. The highest BCUT2D eigenvalue weighted by Gasteiger charge is 2.16. The number of rotatable bonds is 10. The summed E-state index contributed by atoms with van der Waals surface area (Å²) in [6.07, 6.45) is 1.48. The standard InChI is InChI=1S/C29H30ClN3O4.2ClH/c1-33(2)29(36)25-8-4-7-24-27(13-14-31-28(24)25)37-23-11-9-19(10-12-23)15-22(18-34)32-17-26(35)20-5-3-6-21(30)16-20;;/h3-14,16,22,26,32,34-35H,15,17-18H2,1-2H3;2*1H/t22-,26+;;/m0../s1. The molecule has 4 aromatic rings. The van der Waals surface area contributed by atoms with Crippen LogP contribution in [0.2, 0.25) is 5.02 Å². The van der Waals surface area contributed by atoms with Gasteiger partial charge in [0.25, 0.3) is 5.91 Å². The number of halogens is 3. The molecule has 1 amide bonds. The molecular formula is C29H32Cl3N3O4. The summed E-state index contributed by atoms with van der Waals surface area (Å²) in [4.78, 5) is 18.5. The number of ether oxygens (including phenoxy) is 1. The monoisotopic (exact) mass is 591 g/mol. The highest BCUT2D eigenvalue weighted by atomic mass is 35.5. The van der Waals surface area contributed by atoms with Crippen LogP contribution in [0, 0.1) is 0 Å². The van der Waals surface area contributed by atoms with Gasteiger partial charge in [0.1, 0.15) is 11.5 Å². The largest absolute Gasteiger partial charge is 0.457 e. The molecule has 2 atom stereocenters.